The molecule has 1 aromatic rings. The number of nitrogens with zero attached hydrogens (tertiary/aromatic N) is 1. The fraction of sp³-hybridized carbons (Fsp3) is 0.545. The van der Waals surface area contributed by atoms with Gasteiger partial charge in [-0.2, -0.15) is 0 Å². The van der Waals surface area contributed by atoms with Crippen molar-refractivity contribution in [1.82, 2.24) is 0 Å². The summed E-state index contributed by atoms with van der Waals surface area (Å²) in [4.78, 5) is 13.3. The van der Waals surface area contributed by atoms with Crippen LogP contribution in [0.15, 0.2) is 12.1 Å². The molecule has 0 aromatic carbocycles. The van der Waals surface area contributed by atoms with Gasteiger partial charge in [0.15, 0.2) is 0 Å². The summed E-state index contributed by atoms with van der Waals surface area (Å²) in [5, 5.41) is 9.84. The van der Waals surface area contributed by atoms with Gasteiger partial charge in [0.05, 0.1) is 5.00 Å². The molecule has 1 heterocycles. The lowest BCUT2D eigenvalue weighted by Crippen LogP contribution is -2.27. The molecule has 0 radical (unpaired) electrons. The molecule has 0 fully saturated rings. The summed E-state index contributed by atoms with van der Waals surface area (Å²) in [5.41, 5.74) is 0. The Kier molecular flexibility index (Phi) is 4.15. The van der Waals surface area contributed by atoms with E-state index in [0.717, 1.165) is 17.8 Å². The lowest BCUT2D eigenvalue weighted by molar-refractivity contribution is 0.0702. The zero-order valence-corrected chi connectivity index (χ0v) is 10.2. The highest BCUT2D eigenvalue weighted by molar-refractivity contribution is 7.17. The van der Waals surface area contributed by atoms with Crippen molar-refractivity contribution in [3.63, 3.8) is 0 Å². The quantitative estimate of drug-likeness (QED) is 0.840. The van der Waals surface area contributed by atoms with Crippen LogP contribution in [-0.2, 0) is 0 Å². The lowest BCUT2D eigenvalue weighted by atomic mass is 10.2. The van der Waals surface area contributed by atoms with Gasteiger partial charge in [0, 0.05) is 13.1 Å². The van der Waals surface area contributed by atoms with E-state index in [1.165, 1.54) is 11.3 Å². The molecule has 0 spiro atoms. The van der Waals surface area contributed by atoms with E-state index in [4.69, 9.17) is 5.11 Å². The van der Waals surface area contributed by atoms with Gasteiger partial charge in [0.2, 0.25) is 0 Å². The summed E-state index contributed by atoms with van der Waals surface area (Å²) >= 11 is 1.33. The largest absolute Gasteiger partial charge is 0.477 e. The first kappa shape index (κ1) is 12.0. The van der Waals surface area contributed by atoms with Crippen molar-refractivity contribution in [1.29, 1.82) is 0 Å². The van der Waals surface area contributed by atoms with E-state index in [-0.39, 0.29) is 0 Å². The second-order valence-electron chi connectivity index (χ2n) is 3.69. The first-order valence-electron chi connectivity index (χ1n) is 5.12. The molecule has 84 valence electrons. The van der Waals surface area contributed by atoms with Crippen LogP contribution in [0.25, 0.3) is 0 Å². The number of aromatic carboxylic acids is 1. The highest BCUT2D eigenvalue weighted by atomic mass is 32.1. The van der Waals surface area contributed by atoms with Crippen molar-refractivity contribution < 1.29 is 9.90 Å². The molecule has 1 unspecified atom stereocenters. The second-order valence-corrected chi connectivity index (χ2v) is 4.75. The Morgan fingerprint density at radius 1 is 1.60 bits per heavy atom. The molecule has 15 heavy (non-hydrogen) atoms. The standard InChI is InChI=1S/C11H17NO2S/c1-4-5-8(2)12(3)10-7-6-9(15-10)11(13)14/h6-8H,4-5H2,1-3H3,(H,13,14). The normalized spacial score (nSPS) is 12.5. The number of thiophene rings is 1. The minimum atomic E-state index is -0.845. The fourth-order valence-electron chi connectivity index (χ4n) is 1.46. The van der Waals surface area contributed by atoms with E-state index in [0.29, 0.717) is 10.9 Å². The number of anilines is 1. The van der Waals surface area contributed by atoms with E-state index in [2.05, 4.69) is 18.7 Å². The molecule has 0 saturated heterocycles. The number of hydrogen-bond acceptors (Lipinski definition) is 3. The minimum absolute atomic E-state index is 0.403. The Balaban J connectivity index is 2.73. The predicted octanol–water partition coefficient (Wildman–Crippen LogP) is 3.07. The van der Waals surface area contributed by atoms with Gasteiger partial charge in [-0.15, -0.1) is 11.3 Å². The third kappa shape index (κ3) is 2.96. The Morgan fingerprint density at radius 3 is 2.73 bits per heavy atom. The van der Waals surface area contributed by atoms with Crippen LogP contribution in [-0.4, -0.2) is 24.2 Å². The van der Waals surface area contributed by atoms with Crippen LogP contribution in [0.4, 0.5) is 5.00 Å². The summed E-state index contributed by atoms with van der Waals surface area (Å²) in [6.07, 6.45) is 2.26. The maximum atomic E-state index is 10.7. The van der Waals surface area contributed by atoms with Crippen molar-refractivity contribution in [3.05, 3.63) is 17.0 Å². The Bertz CT molecular complexity index is 335. The maximum Gasteiger partial charge on any atom is 0.345 e. The topological polar surface area (TPSA) is 40.5 Å². The predicted molar refractivity (Wildman–Crippen MR) is 64.1 cm³/mol. The van der Waals surface area contributed by atoms with E-state index in [1.54, 1.807) is 6.07 Å². The van der Waals surface area contributed by atoms with E-state index in [1.807, 2.05) is 13.1 Å². The highest BCUT2D eigenvalue weighted by Gasteiger charge is 2.13. The smallest absolute Gasteiger partial charge is 0.345 e. The number of carboxylic acids is 1. The van der Waals surface area contributed by atoms with Crippen molar-refractivity contribution in [2.45, 2.75) is 32.7 Å². The van der Waals surface area contributed by atoms with Gasteiger partial charge in [-0.25, -0.2) is 4.79 Å². The summed E-state index contributed by atoms with van der Waals surface area (Å²) in [6, 6.07) is 3.99. The molecular formula is C11H17NO2S. The van der Waals surface area contributed by atoms with Gasteiger partial charge >= 0.3 is 5.97 Å². The van der Waals surface area contributed by atoms with Gasteiger partial charge in [-0.1, -0.05) is 13.3 Å². The number of carbonyl (C=O) groups is 1. The number of rotatable bonds is 5. The van der Waals surface area contributed by atoms with Crippen molar-refractivity contribution >= 4 is 22.3 Å². The third-order valence-electron chi connectivity index (χ3n) is 2.52. The van der Waals surface area contributed by atoms with E-state index in [9.17, 15) is 4.79 Å². The molecule has 0 aliphatic carbocycles. The van der Waals surface area contributed by atoms with Gasteiger partial charge in [-0.3, -0.25) is 0 Å². The molecule has 0 amide bonds. The lowest BCUT2D eigenvalue weighted by Gasteiger charge is -2.24. The average molecular weight is 227 g/mol. The minimum Gasteiger partial charge on any atom is -0.477 e. The second kappa shape index (κ2) is 5.16. The molecule has 1 atom stereocenters. The monoisotopic (exact) mass is 227 g/mol. The summed E-state index contributed by atoms with van der Waals surface area (Å²) < 4.78 is 0. The molecule has 1 N–H and O–H groups in total. The van der Waals surface area contributed by atoms with Crippen LogP contribution in [0.3, 0.4) is 0 Å². The summed E-state index contributed by atoms with van der Waals surface area (Å²) in [6.45, 7) is 4.31. The van der Waals surface area contributed by atoms with Crippen LogP contribution < -0.4 is 4.90 Å². The zero-order chi connectivity index (χ0) is 11.4. The highest BCUT2D eigenvalue weighted by Crippen LogP contribution is 2.27. The van der Waals surface area contributed by atoms with Crippen LogP contribution in [0.5, 0.6) is 0 Å². The van der Waals surface area contributed by atoms with Gasteiger partial charge in [-0.05, 0) is 25.5 Å². The maximum absolute atomic E-state index is 10.7. The average Bonchev–Trinajstić information content (AvgIpc) is 2.65. The first-order valence-corrected chi connectivity index (χ1v) is 5.93. The molecule has 0 aliphatic heterocycles. The van der Waals surface area contributed by atoms with Crippen LogP contribution >= 0.6 is 11.3 Å². The van der Waals surface area contributed by atoms with Crippen LogP contribution in [0.1, 0.15) is 36.4 Å². The number of hydrogen-bond donors (Lipinski definition) is 1. The molecule has 0 saturated carbocycles. The Hall–Kier alpha value is -1.03. The zero-order valence-electron chi connectivity index (χ0n) is 9.36. The SMILES string of the molecule is CCCC(C)N(C)c1ccc(C(=O)O)s1. The van der Waals surface area contributed by atoms with Gasteiger partial charge in [0.25, 0.3) is 0 Å². The van der Waals surface area contributed by atoms with Gasteiger partial charge < -0.3 is 10.0 Å². The molecule has 4 heteroatoms. The number of carboxylic acid groups (broad SMARTS) is 1. The van der Waals surface area contributed by atoms with Crippen LogP contribution in [0, 0.1) is 0 Å². The summed E-state index contributed by atoms with van der Waals surface area (Å²) in [5.74, 6) is -0.845. The molecular weight excluding hydrogens is 210 g/mol. The summed E-state index contributed by atoms with van der Waals surface area (Å²) in [7, 11) is 2.01. The van der Waals surface area contributed by atoms with Gasteiger partial charge in [0.1, 0.15) is 4.88 Å². The fourth-order valence-corrected chi connectivity index (χ4v) is 2.37. The van der Waals surface area contributed by atoms with E-state index < -0.39 is 5.97 Å². The first-order chi connectivity index (χ1) is 7.06. The Labute approximate surface area is 94.3 Å². The Morgan fingerprint density at radius 2 is 2.27 bits per heavy atom. The molecule has 1 rings (SSSR count). The molecule has 3 nitrogen and oxygen atoms in total. The van der Waals surface area contributed by atoms with Crippen molar-refractivity contribution in [2.24, 2.45) is 0 Å². The molecule has 0 bridgehead atoms. The third-order valence-corrected chi connectivity index (χ3v) is 3.68. The van der Waals surface area contributed by atoms with E-state index >= 15 is 0 Å². The van der Waals surface area contributed by atoms with Crippen molar-refractivity contribution in [3.8, 4) is 0 Å². The molecule has 0 aliphatic rings. The van der Waals surface area contributed by atoms with Crippen molar-refractivity contribution in [2.75, 3.05) is 11.9 Å². The van der Waals surface area contributed by atoms with Crippen LogP contribution in [0.2, 0.25) is 0 Å². The molecule has 1 aromatic heterocycles.